The molecule has 0 saturated carbocycles. The maximum absolute atomic E-state index is 13.2. The predicted molar refractivity (Wildman–Crippen MR) is 116 cm³/mol. The van der Waals surface area contributed by atoms with Crippen molar-refractivity contribution in [3.8, 4) is 11.8 Å². The lowest BCUT2D eigenvalue weighted by Crippen LogP contribution is -2.44. The number of hydrogen-bond donors (Lipinski definition) is 1. The van der Waals surface area contributed by atoms with E-state index in [1.54, 1.807) is 38.2 Å². The third-order valence-electron chi connectivity index (χ3n) is 5.22. The van der Waals surface area contributed by atoms with E-state index < -0.39 is 5.97 Å². The van der Waals surface area contributed by atoms with E-state index in [1.165, 1.54) is 4.57 Å². The van der Waals surface area contributed by atoms with Crippen LogP contribution in [0.15, 0.2) is 29.1 Å². The van der Waals surface area contributed by atoms with Gasteiger partial charge in [-0.15, -0.1) is 0 Å². The minimum Gasteiger partial charge on any atom is -0.462 e. The van der Waals surface area contributed by atoms with Crippen molar-refractivity contribution < 1.29 is 14.3 Å². The van der Waals surface area contributed by atoms with Crippen LogP contribution in [0.25, 0.3) is 11.2 Å². The molecule has 1 fully saturated rings. The van der Waals surface area contributed by atoms with Crippen molar-refractivity contribution in [1.29, 1.82) is 0 Å². The first-order valence-corrected chi connectivity index (χ1v) is 10.4. The number of rotatable bonds is 6. The van der Waals surface area contributed by atoms with E-state index in [1.807, 2.05) is 11.5 Å². The second-order valence-electron chi connectivity index (χ2n) is 7.14. The first kappa shape index (κ1) is 20.9. The van der Waals surface area contributed by atoms with E-state index in [4.69, 9.17) is 9.47 Å². The number of para-hydroxylation sites is 1. The van der Waals surface area contributed by atoms with Gasteiger partial charge >= 0.3 is 12.0 Å². The minimum absolute atomic E-state index is 0.0573. The van der Waals surface area contributed by atoms with Gasteiger partial charge in [-0.05, 0) is 26.0 Å². The van der Waals surface area contributed by atoms with Gasteiger partial charge in [0.15, 0.2) is 11.2 Å². The van der Waals surface area contributed by atoms with E-state index in [9.17, 15) is 9.59 Å². The van der Waals surface area contributed by atoms with Crippen molar-refractivity contribution in [3.63, 3.8) is 0 Å². The molecule has 164 valence electrons. The zero-order chi connectivity index (χ0) is 22.0. The molecule has 0 unspecified atom stereocenters. The maximum atomic E-state index is 13.2. The molecule has 1 N–H and O–H groups in total. The third-order valence-corrected chi connectivity index (χ3v) is 5.22. The van der Waals surface area contributed by atoms with Gasteiger partial charge in [0.25, 0.3) is 5.56 Å². The van der Waals surface area contributed by atoms with Gasteiger partial charge < -0.3 is 24.3 Å². The van der Waals surface area contributed by atoms with Crippen LogP contribution in [0.2, 0.25) is 0 Å². The van der Waals surface area contributed by atoms with Crippen LogP contribution >= 0.6 is 0 Å². The van der Waals surface area contributed by atoms with Crippen LogP contribution in [0.3, 0.4) is 0 Å². The summed E-state index contributed by atoms with van der Waals surface area (Å²) in [7, 11) is 1.59. The van der Waals surface area contributed by atoms with Crippen molar-refractivity contribution in [2.24, 2.45) is 7.05 Å². The monoisotopic (exact) mass is 426 g/mol. The maximum Gasteiger partial charge on any atom is 0.341 e. The van der Waals surface area contributed by atoms with Crippen LogP contribution in [-0.2, 0) is 18.3 Å². The number of nitrogens with zero attached hydrogens (tertiary/aromatic N) is 5. The van der Waals surface area contributed by atoms with Gasteiger partial charge in [0.2, 0.25) is 5.95 Å². The Labute approximate surface area is 179 Å². The Bertz CT molecular complexity index is 1160. The Hall–Kier alpha value is -3.40. The summed E-state index contributed by atoms with van der Waals surface area (Å²) >= 11 is 0. The van der Waals surface area contributed by atoms with Crippen LogP contribution in [0.1, 0.15) is 24.2 Å². The van der Waals surface area contributed by atoms with Gasteiger partial charge in [0.1, 0.15) is 11.3 Å². The van der Waals surface area contributed by atoms with Gasteiger partial charge in [-0.1, -0.05) is 12.1 Å². The highest BCUT2D eigenvalue weighted by molar-refractivity contribution is 5.92. The van der Waals surface area contributed by atoms with E-state index >= 15 is 0 Å². The predicted octanol–water partition coefficient (Wildman–Crippen LogP) is 1.53. The van der Waals surface area contributed by atoms with Crippen LogP contribution in [-0.4, -0.2) is 57.9 Å². The molecule has 31 heavy (non-hydrogen) atoms. The number of hydrogen-bond acceptors (Lipinski definition) is 8. The minimum atomic E-state index is -0.500. The van der Waals surface area contributed by atoms with Gasteiger partial charge in [-0.2, -0.15) is 9.97 Å². The zero-order valence-corrected chi connectivity index (χ0v) is 17.9. The fraction of sp³-hybridized carbons (Fsp3) is 0.429. The number of esters is 1. The van der Waals surface area contributed by atoms with Crippen LogP contribution < -0.4 is 20.5 Å². The highest BCUT2D eigenvalue weighted by atomic mass is 16.5. The van der Waals surface area contributed by atoms with Crippen molar-refractivity contribution in [3.05, 3.63) is 40.2 Å². The number of fused-ring (bicyclic) bond motifs is 1. The fourth-order valence-corrected chi connectivity index (χ4v) is 3.66. The number of ether oxygens (including phenoxy) is 2. The van der Waals surface area contributed by atoms with Gasteiger partial charge in [-0.3, -0.25) is 9.36 Å². The smallest absolute Gasteiger partial charge is 0.341 e. The Balaban J connectivity index is 1.78. The Morgan fingerprint density at radius 3 is 2.61 bits per heavy atom. The third kappa shape index (κ3) is 3.86. The second-order valence-corrected chi connectivity index (χ2v) is 7.14. The largest absolute Gasteiger partial charge is 0.462 e. The number of benzene rings is 1. The number of imidazole rings is 1. The van der Waals surface area contributed by atoms with E-state index in [0.29, 0.717) is 17.7 Å². The first-order valence-electron chi connectivity index (χ1n) is 10.4. The molecule has 1 saturated heterocycles. The summed E-state index contributed by atoms with van der Waals surface area (Å²) < 4.78 is 14.2. The number of aryl methyl sites for hydroxylation is 1. The topological polar surface area (TPSA) is 104 Å². The fourth-order valence-electron chi connectivity index (χ4n) is 3.66. The van der Waals surface area contributed by atoms with Gasteiger partial charge in [-0.25, -0.2) is 4.79 Å². The summed E-state index contributed by atoms with van der Waals surface area (Å²) in [6, 6.07) is 6.76. The van der Waals surface area contributed by atoms with E-state index in [0.717, 1.165) is 32.1 Å². The second kappa shape index (κ2) is 8.76. The molecule has 0 amide bonds. The highest BCUT2D eigenvalue weighted by Crippen LogP contribution is 2.26. The summed E-state index contributed by atoms with van der Waals surface area (Å²) in [5, 5.41) is 3.32. The number of nitrogens with one attached hydrogen (secondary N) is 1. The Morgan fingerprint density at radius 1 is 1.16 bits per heavy atom. The molecule has 0 bridgehead atoms. The average Bonchev–Trinajstić information content (AvgIpc) is 3.17. The summed E-state index contributed by atoms with van der Waals surface area (Å²) in [6.07, 6.45) is 0. The number of piperazine rings is 1. The molecule has 3 aromatic rings. The highest BCUT2D eigenvalue weighted by Gasteiger charge is 2.23. The average molecular weight is 426 g/mol. The molecular weight excluding hydrogens is 400 g/mol. The number of carbonyl (C=O) groups is 1. The van der Waals surface area contributed by atoms with Crippen molar-refractivity contribution >= 4 is 23.1 Å². The number of carbonyl (C=O) groups excluding carboxylic acids is 1. The lowest BCUT2D eigenvalue weighted by Gasteiger charge is -2.28. The molecule has 1 aliphatic heterocycles. The zero-order valence-electron chi connectivity index (χ0n) is 17.9. The molecular formula is C21H26N6O4. The van der Waals surface area contributed by atoms with Gasteiger partial charge in [0.05, 0.1) is 6.61 Å². The molecule has 2 aromatic heterocycles. The van der Waals surface area contributed by atoms with Gasteiger partial charge in [0, 0.05) is 39.8 Å². The molecule has 1 aromatic carbocycles. The molecule has 4 rings (SSSR count). The number of aromatic nitrogens is 4. The summed E-state index contributed by atoms with van der Waals surface area (Å²) in [6.45, 7) is 7.89. The van der Waals surface area contributed by atoms with Crippen LogP contribution in [0, 0.1) is 0 Å². The van der Waals surface area contributed by atoms with Crippen LogP contribution in [0.4, 0.5) is 5.95 Å². The van der Waals surface area contributed by atoms with Crippen molar-refractivity contribution in [2.75, 3.05) is 37.7 Å². The molecule has 0 atom stereocenters. The molecule has 0 radical (unpaired) electrons. The van der Waals surface area contributed by atoms with Crippen LogP contribution in [0.5, 0.6) is 11.8 Å². The molecule has 1 aliphatic rings. The molecule has 0 aliphatic carbocycles. The Kier molecular flexibility index (Phi) is 5.90. The van der Waals surface area contributed by atoms with E-state index in [-0.39, 0.29) is 29.5 Å². The van der Waals surface area contributed by atoms with E-state index in [2.05, 4.69) is 20.2 Å². The summed E-state index contributed by atoms with van der Waals surface area (Å²) in [5.74, 6) is 0.494. The Morgan fingerprint density at radius 2 is 1.90 bits per heavy atom. The quantitative estimate of drug-likeness (QED) is 0.592. The summed E-state index contributed by atoms with van der Waals surface area (Å²) in [4.78, 5) is 36.8. The summed E-state index contributed by atoms with van der Waals surface area (Å²) in [5.41, 5.74) is 0.760. The molecule has 10 heteroatoms. The standard InChI is InChI=1S/C21H26N6O4/c1-4-27-16-17(23-20(27)26-12-10-22-11-13-26)24-21(25(3)18(16)28)31-15-9-7-6-8-14(15)19(29)30-5-2/h6-9,22H,4-5,10-13H2,1-3H3. The molecule has 10 nitrogen and oxygen atoms in total. The molecule has 0 spiro atoms. The lowest BCUT2D eigenvalue weighted by atomic mass is 10.2. The van der Waals surface area contributed by atoms with Crippen molar-refractivity contribution in [1.82, 2.24) is 24.4 Å². The number of anilines is 1. The molecule has 3 heterocycles. The SMILES string of the molecule is CCOC(=O)c1ccccc1Oc1nc2nc(N3CCNCC3)n(CC)c2c(=O)n1C. The lowest BCUT2D eigenvalue weighted by molar-refractivity contribution is 0.0523. The normalized spacial score (nSPS) is 14.1. The van der Waals surface area contributed by atoms with Crippen molar-refractivity contribution in [2.45, 2.75) is 20.4 Å². The first-order chi connectivity index (χ1) is 15.0.